The SMILES string of the molecule is CCC(C)NCC(=O)Nc1ccc(F)c(F)c1. The Morgan fingerprint density at radius 2 is 2.06 bits per heavy atom. The fourth-order valence-electron chi connectivity index (χ4n) is 1.19. The van der Waals surface area contributed by atoms with Crippen molar-refractivity contribution in [3.63, 3.8) is 0 Å². The zero-order valence-corrected chi connectivity index (χ0v) is 9.89. The largest absolute Gasteiger partial charge is 0.325 e. The molecule has 0 heterocycles. The van der Waals surface area contributed by atoms with Crippen LogP contribution in [0.25, 0.3) is 0 Å². The van der Waals surface area contributed by atoms with E-state index in [-0.39, 0.29) is 24.2 Å². The molecule has 0 bridgehead atoms. The predicted molar refractivity (Wildman–Crippen MR) is 62.7 cm³/mol. The van der Waals surface area contributed by atoms with Crippen molar-refractivity contribution >= 4 is 11.6 Å². The minimum atomic E-state index is -0.974. The third kappa shape index (κ3) is 4.48. The number of benzene rings is 1. The van der Waals surface area contributed by atoms with Gasteiger partial charge in [-0.05, 0) is 25.5 Å². The lowest BCUT2D eigenvalue weighted by atomic mass is 10.2. The summed E-state index contributed by atoms with van der Waals surface area (Å²) in [7, 11) is 0. The van der Waals surface area contributed by atoms with Gasteiger partial charge in [0, 0.05) is 17.8 Å². The van der Waals surface area contributed by atoms with Gasteiger partial charge in [0.1, 0.15) is 0 Å². The highest BCUT2D eigenvalue weighted by Gasteiger charge is 2.07. The Morgan fingerprint density at radius 1 is 1.35 bits per heavy atom. The number of halogens is 2. The average molecular weight is 242 g/mol. The van der Waals surface area contributed by atoms with Crippen molar-refractivity contribution in [3.05, 3.63) is 29.8 Å². The first kappa shape index (κ1) is 13.6. The molecule has 0 saturated carbocycles. The first-order valence-electron chi connectivity index (χ1n) is 5.51. The Bertz CT molecular complexity index is 396. The summed E-state index contributed by atoms with van der Waals surface area (Å²) in [6.45, 7) is 4.11. The summed E-state index contributed by atoms with van der Waals surface area (Å²) in [5, 5.41) is 5.48. The molecule has 3 nitrogen and oxygen atoms in total. The van der Waals surface area contributed by atoms with E-state index in [9.17, 15) is 13.6 Å². The third-order valence-electron chi connectivity index (χ3n) is 2.43. The van der Waals surface area contributed by atoms with Crippen molar-refractivity contribution in [2.24, 2.45) is 0 Å². The molecule has 1 aromatic carbocycles. The molecule has 0 aliphatic carbocycles. The number of amides is 1. The van der Waals surface area contributed by atoms with Crippen LogP contribution in [0.1, 0.15) is 20.3 Å². The second-order valence-electron chi connectivity index (χ2n) is 3.87. The highest BCUT2D eigenvalue weighted by Crippen LogP contribution is 2.12. The predicted octanol–water partition coefficient (Wildman–Crippen LogP) is 2.29. The summed E-state index contributed by atoms with van der Waals surface area (Å²) in [6.07, 6.45) is 0.915. The summed E-state index contributed by atoms with van der Waals surface area (Å²) in [6, 6.07) is 3.49. The first-order chi connectivity index (χ1) is 8.02. The number of anilines is 1. The molecule has 94 valence electrons. The van der Waals surface area contributed by atoms with Crippen molar-refractivity contribution in [1.29, 1.82) is 0 Å². The van der Waals surface area contributed by atoms with Crippen LogP contribution in [0.15, 0.2) is 18.2 Å². The molecule has 1 rings (SSSR count). The molecule has 0 aliphatic heterocycles. The number of carbonyl (C=O) groups excluding carboxylic acids is 1. The van der Waals surface area contributed by atoms with Gasteiger partial charge < -0.3 is 10.6 Å². The fourth-order valence-corrected chi connectivity index (χ4v) is 1.19. The van der Waals surface area contributed by atoms with Crippen LogP contribution in [0, 0.1) is 11.6 Å². The van der Waals surface area contributed by atoms with Crippen LogP contribution in [0.2, 0.25) is 0 Å². The minimum absolute atomic E-state index is 0.147. The van der Waals surface area contributed by atoms with Gasteiger partial charge >= 0.3 is 0 Å². The second-order valence-corrected chi connectivity index (χ2v) is 3.87. The maximum Gasteiger partial charge on any atom is 0.238 e. The zero-order chi connectivity index (χ0) is 12.8. The highest BCUT2D eigenvalue weighted by molar-refractivity contribution is 5.92. The summed E-state index contributed by atoms with van der Waals surface area (Å²) in [5.41, 5.74) is 0.250. The molecule has 0 aromatic heterocycles. The molecular formula is C12H16F2N2O. The normalized spacial score (nSPS) is 12.2. The molecule has 1 aromatic rings. The highest BCUT2D eigenvalue weighted by atomic mass is 19.2. The van der Waals surface area contributed by atoms with Gasteiger partial charge in [-0.15, -0.1) is 0 Å². The Hall–Kier alpha value is -1.49. The monoisotopic (exact) mass is 242 g/mol. The maximum absolute atomic E-state index is 12.9. The van der Waals surface area contributed by atoms with Crippen LogP contribution in [-0.4, -0.2) is 18.5 Å². The molecule has 1 atom stereocenters. The molecule has 0 spiro atoms. The van der Waals surface area contributed by atoms with Crippen LogP contribution >= 0.6 is 0 Å². The van der Waals surface area contributed by atoms with Crippen LogP contribution in [0.5, 0.6) is 0 Å². The molecule has 0 saturated heterocycles. The minimum Gasteiger partial charge on any atom is -0.325 e. The third-order valence-corrected chi connectivity index (χ3v) is 2.43. The van der Waals surface area contributed by atoms with E-state index < -0.39 is 11.6 Å². The van der Waals surface area contributed by atoms with Crippen molar-refractivity contribution in [1.82, 2.24) is 5.32 Å². The second kappa shape index (κ2) is 6.30. The zero-order valence-electron chi connectivity index (χ0n) is 9.89. The van der Waals surface area contributed by atoms with E-state index in [0.717, 1.165) is 18.6 Å². The smallest absolute Gasteiger partial charge is 0.238 e. The molecule has 1 amide bonds. The van der Waals surface area contributed by atoms with E-state index in [1.54, 1.807) is 0 Å². The summed E-state index contributed by atoms with van der Waals surface area (Å²) in [5.74, 6) is -2.19. The van der Waals surface area contributed by atoms with Crippen molar-refractivity contribution < 1.29 is 13.6 Å². The van der Waals surface area contributed by atoms with Crippen molar-refractivity contribution in [2.45, 2.75) is 26.3 Å². The number of nitrogens with one attached hydrogen (secondary N) is 2. The first-order valence-corrected chi connectivity index (χ1v) is 5.51. The molecule has 5 heteroatoms. The maximum atomic E-state index is 12.9. The molecule has 0 fully saturated rings. The number of hydrogen-bond acceptors (Lipinski definition) is 2. The van der Waals surface area contributed by atoms with E-state index >= 15 is 0 Å². The molecule has 2 N–H and O–H groups in total. The van der Waals surface area contributed by atoms with Crippen LogP contribution < -0.4 is 10.6 Å². The van der Waals surface area contributed by atoms with Gasteiger partial charge in [0.15, 0.2) is 11.6 Å². The number of rotatable bonds is 5. The Labute approximate surface area is 99.2 Å². The lowest BCUT2D eigenvalue weighted by Crippen LogP contribution is -2.33. The quantitative estimate of drug-likeness (QED) is 0.831. The molecule has 0 radical (unpaired) electrons. The Balaban J connectivity index is 2.48. The van der Waals surface area contributed by atoms with Crippen molar-refractivity contribution in [3.8, 4) is 0 Å². The van der Waals surface area contributed by atoms with Gasteiger partial charge in [0.25, 0.3) is 0 Å². The van der Waals surface area contributed by atoms with E-state index in [4.69, 9.17) is 0 Å². The van der Waals surface area contributed by atoms with Gasteiger partial charge in [-0.1, -0.05) is 6.92 Å². The fraction of sp³-hybridized carbons (Fsp3) is 0.417. The van der Waals surface area contributed by atoms with Gasteiger partial charge in [-0.25, -0.2) is 8.78 Å². The standard InChI is InChI=1S/C12H16F2N2O/c1-3-8(2)15-7-12(17)16-9-4-5-10(13)11(14)6-9/h4-6,8,15H,3,7H2,1-2H3,(H,16,17). The van der Waals surface area contributed by atoms with E-state index in [0.29, 0.717) is 0 Å². The van der Waals surface area contributed by atoms with Gasteiger partial charge in [0.2, 0.25) is 5.91 Å². The van der Waals surface area contributed by atoms with Gasteiger partial charge in [-0.2, -0.15) is 0 Å². The van der Waals surface area contributed by atoms with Gasteiger partial charge in [-0.3, -0.25) is 4.79 Å². The van der Waals surface area contributed by atoms with Crippen LogP contribution in [0.3, 0.4) is 0 Å². The topological polar surface area (TPSA) is 41.1 Å². The number of carbonyl (C=O) groups is 1. The lowest BCUT2D eigenvalue weighted by molar-refractivity contribution is -0.115. The summed E-state index contributed by atoms with van der Waals surface area (Å²) < 4.78 is 25.5. The number of hydrogen-bond donors (Lipinski definition) is 2. The van der Waals surface area contributed by atoms with E-state index in [1.165, 1.54) is 6.07 Å². The Kier molecular flexibility index (Phi) is 5.03. The molecule has 17 heavy (non-hydrogen) atoms. The summed E-state index contributed by atoms with van der Waals surface area (Å²) >= 11 is 0. The summed E-state index contributed by atoms with van der Waals surface area (Å²) in [4.78, 5) is 11.4. The Morgan fingerprint density at radius 3 is 2.65 bits per heavy atom. The van der Waals surface area contributed by atoms with E-state index in [1.807, 2.05) is 13.8 Å². The van der Waals surface area contributed by atoms with Crippen molar-refractivity contribution in [2.75, 3.05) is 11.9 Å². The van der Waals surface area contributed by atoms with E-state index in [2.05, 4.69) is 10.6 Å². The molecule has 1 unspecified atom stereocenters. The average Bonchev–Trinajstić information content (AvgIpc) is 2.31. The molecular weight excluding hydrogens is 226 g/mol. The van der Waals surface area contributed by atoms with Gasteiger partial charge in [0.05, 0.1) is 6.54 Å². The molecule has 0 aliphatic rings. The lowest BCUT2D eigenvalue weighted by Gasteiger charge is -2.11. The van der Waals surface area contributed by atoms with Crippen LogP contribution in [-0.2, 0) is 4.79 Å². The van der Waals surface area contributed by atoms with Crippen LogP contribution in [0.4, 0.5) is 14.5 Å².